The van der Waals surface area contributed by atoms with E-state index in [9.17, 15) is 0 Å². The van der Waals surface area contributed by atoms with Crippen molar-refractivity contribution < 1.29 is 0 Å². The van der Waals surface area contributed by atoms with Crippen molar-refractivity contribution in [1.29, 1.82) is 0 Å². The van der Waals surface area contributed by atoms with Gasteiger partial charge in [-0.25, -0.2) is 0 Å². The van der Waals surface area contributed by atoms with E-state index in [-0.39, 0.29) is 0 Å². The third-order valence-corrected chi connectivity index (χ3v) is 4.10. The maximum Gasteiger partial charge on any atom is 0.00928 e. The van der Waals surface area contributed by atoms with Crippen LogP contribution in [0.5, 0.6) is 0 Å². The Hall–Kier alpha value is -0.0400. The average molecular weight is 195 g/mol. The zero-order valence-corrected chi connectivity index (χ0v) is 9.76. The Labute approximate surface area is 88.7 Å². The largest absolute Gasteiger partial charge is 0.313 e. The first-order valence-electron chi connectivity index (χ1n) is 6.53. The van der Waals surface area contributed by atoms with Crippen LogP contribution in [0.1, 0.15) is 52.4 Å². The van der Waals surface area contributed by atoms with Crippen molar-refractivity contribution in [1.82, 2.24) is 5.32 Å². The third-order valence-electron chi connectivity index (χ3n) is 4.10. The maximum atomic E-state index is 3.79. The summed E-state index contributed by atoms with van der Waals surface area (Å²) in [6.45, 7) is 6.02. The Morgan fingerprint density at radius 2 is 2.00 bits per heavy atom. The van der Waals surface area contributed by atoms with Gasteiger partial charge < -0.3 is 5.32 Å². The molecule has 3 unspecified atom stereocenters. The molecule has 0 saturated heterocycles. The van der Waals surface area contributed by atoms with Crippen molar-refractivity contribution in [2.75, 3.05) is 6.54 Å². The van der Waals surface area contributed by atoms with Gasteiger partial charge >= 0.3 is 0 Å². The second-order valence-corrected chi connectivity index (χ2v) is 5.54. The minimum absolute atomic E-state index is 0.839. The topological polar surface area (TPSA) is 12.0 Å². The summed E-state index contributed by atoms with van der Waals surface area (Å²) in [7, 11) is 0. The molecular formula is C13H25N. The van der Waals surface area contributed by atoms with Crippen LogP contribution in [-0.4, -0.2) is 12.6 Å². The van der Waals surface area contributed by atoms with Crippen molar-refractivity contribution in [3.63, 3.8) is 0 Å². The summed E-state index contributed by atoms with van der Waals surface area (Å²) in [5.41, 5.74) is 0. The standard InChI is InChI=1S/C13H25N/c1-3-13(12-6-7-12)14-9-11-5-4-10(2)8-11/h10-14H,3-9H2,1-2H3. The SMILES string of the molecule is CCC(NCC1CCC(C)C1)C1CC1. The summed E-state index contributed by atoms with van der Waals surface area (Å²) in [6.07, 6.45) is 8.68. The fraction of sp³-hybridized carbons (Fsp3) is 1.00. The molecule has 2 aliphatic rings. The lowest BCUT2D eigenvalue weighted by Gasteiger charge is -2.19. The predicted molar refractivity (Wildman–Crippen MR) is 61.3 cm³/mol. The highest BCUT2D eigenvalue weighted by atomic mass is 14.9. The zero-order valence-electron chi connectivity index (χ0n) is 9.76. The monoisotopic (exact) mass is 195 g/mol. The van der Waals surface area contributed by atoms with E-state index in [1.807, 2.05) is 0 Å². The fourth-order valence-corrected chi connectivity index (χ4v) is 2.97. The van der Waals surface area contributed by atoms with Crippen LogP contribution < -0.4 is 5.32 Å². The lowest BCUT2D eigenvalue weighted by molar-refractivity contribution is 0.390. The van der Waals surface area contributed by atoms with Crippen molar-refractivity contribution in [3.05, 3.63) is 0 Å². The molecule has 0 aromatic heterocycles. The highest BCUT2D eigenvalue weighted by Crippen LogP contribution is 2.35. The van der Waals surface area contributed by atoms with Crippen LogP contribution in [0.3, 0.4) is 0 Å². The molecule has 1 nitrogen and oxygen atoms in total. The van der Waals surface area contributed by atoms with Gasteiger partial charge in [0, 0.05) is 6.04 Å². The number of rotatable bonds is 5. The molecule has 3 atom stereocenters. The van der Waals surface area contributed by atoms with E-state index in [1.165, 1.54) is 45.1 Å². The zero-order chi connectivity index (χ0) is 9.97. The van der Waals surface area contributed by atoms with E-state index in [2.05, 4.69) is 19.2 Å². The molecular weight excluding hydrogens is 170 g/mol. The molecule has 2 rings (SSSR count). The summed E-state index contributed by atoms with van der Waals surface area (Å²) in [5, 5.41) is 3.79. The number of hydrogen-bond acceptors (Lipinski definition) is 1. The maximum absolute atomic E-state index is 3.79. The summed E-state index contributed by atoms with van der Waals surface area (Å²) in [5.74, 6) is 3.00. The van der Waals surface area contributed by atoms with Crippen LogP contribution in [0, 0.1) is 17.8 Å². The molecule has 2 aliphatic carbocycles. The molecule has 0 aromatic rings. The molecule has 2 saturated carbocycles. The Balaban J connectivity index is 1.65. The van der Waals surface area contributed by atoms with Gasteiger partial charge in [-0.1, -0.05) is 20.3 Å². The Bertz CT molecular complexity index is 174. The molecule has 0 radical (unpaired) electrons. The van der Waals surface area contributed by atoms with Gasteiger partial charge in [0.05, 0.1) is 0 Å². The van der Waals surface area contributed by atoms with E-state index in [0.29, 0.717) is 0 Å². The first-order chi connectivity index (χ1) is 6.79. The molecule has 0 bridgehead atoms. The van der Waals surface area contributed by atoms with Crippen LogP contribution >= 0.6 is 0 Å². The highest BCUT2D eigenvalue weighted by Gasteiger charge is 2.30. The van der Waals surface area contributed by atoms with Crippen LogP contribution in [0.15, 0.2) is 0 Å². The minimum Gasteiger partial charge on any atom is -0.313 e. The van der Waals surface area contributed by atoms with Gasteiger partial charge in [-0.05, 0) is 56.4 Å². The normalized spacial score (nSPS) is 34.7. The van der Waals surface area contributed by atoms with E-state index < -0.39 is 0 Å². The van der Waals surface area contributed by atoms with Crippen molar-refractivity contribution >= 4 is 0 Å². The van der Waals surface area contributed by atoms with Crippen LogP contribution in [0.2, 0.25) is 0 Å². The van der Waals surface area contributed by atoms with Gasteiger partial charge in [-0.3, -0.25) is 0 Å². The lowest BCUT2D eigenvalue weighted by Crippen LogP contribution is -2.34. The molecule has 82 valence electrons. The Kier molecular flexibility index (Phi) is 3.48. The molecule has 1 heteroatoms. The van der Waals surface area contributed by atoms with Crippen molar-refractivity contribution in [3.8, 4) is 0 Å². The van der Waals surface area contributed by atoms with E-state index in [1.54, 1.807) is 0 Å². The smallest absolute Gasteiger partial charge is 0.00928 e. The van der Waals surface area contributed by atoms with Gasteiger partial charge in [-0.15, -0.1) is 0 Å². The summed E-state index contributed by atoms with van der Waals surface area (Å²) >= 11 is 0. The minimum atomic E-state index is 0.839. The van der Waals surface area contributed by atoms with Gasteiger partial charge in [0.15, 0.2) is 0 Å². The predicted octanol–water partition coefficient (Wildman–Crippen LogP) is 3.20. The van der Waals surface area contributed by atoms with E-state index in [4.69, 9.17) is 0 Å². The average Bonchev–Trinajstić information content (AvgIpc) is 2.92. The Morgan fingerprint density at radius 1 is 1.21 bits per heavy atom. The molecule has 1 N–H and O–H groups in total. The summed E-state index contributed by atoms with van der Waals surface area (Å²) in [6, 6.07) is 0.839. The number of hydrogen-bond donors (Lipinski definition) is 1. The first-order valence-corrected chi connectivity index (χ1v) is 6.53. The molecule has 0 amide bonds. The quantitative estimate of drug-likeness (QED) is 0.710. The van der Waals surface area contributed by atoms with Gasteiger partial charge in [-0.2, -0.15) is 0 Å². The van der Waals surface area contributed by atoms with Crippen molar-refractivity contribution in [2.45, 2.75) is 58.4 Å². The second-order valence-electron chi connectivity index (χ2n) is 5.54. The molecule has 0 heterocycles. The highest BCUT2D eigenvalue weighted by molar-refractivity contribution is 4.86. The first kappa shape index (κ1) is 10.5. The third kappa shape index (κ3) is 2.73. The van der Waals surface area contributed by atoms with Gasteiger partial charge in [0.1, 0.15) is 0 Å². The van der Waals surface area contributed by atoms with E-state index in [0.717, 1.165) is 23.8 Å². The lowest BCUT2D eigenvalue weighted by atomic mass is 10.0. The number of nitrogens with one attached hydrogen (secondary N) is 1. The van der Waals surface area contributed by atoms with Crippen LogP contribution in [-0.2, 0) is 0 Å². The van der Waals surface area contributed by atoms with Gasteiger partial charge in [0.2, 0.25) is 0 Å². The molecule has 0 aromatic carbocycles. The van der Waals surface area contributed by atoms with E-state index >= 15 is 0 Å². The van der Waals surface area contributed by atoms with Crippen LogP contribution in [0.4, 0.5) is 0 Å². The van der Waals surface area contributed by atoms with Crippen molar-refractivity contribution in [2.24, 2.45) is 17.8 Å². The Morgan fingerprint density at radius 3 is 2.50 bits per heavy atom. The molecule has 0 aliphatic heterocycles. The summed E-state index contributed by atoms with van der Waals surface area (Å²) < 4.78 is 0. The summed E-state index contributed by atoms with van der Waals surface area (Å²) in [4.78, 5) is 0. The fourth-order valence-electron chi connectivity index (χ4n) is 2.97. The van der Waals surface area contributed by atoms with Gasteiger partial charge in [0.25, 0.3) is 0 Å². The molecule has 14 heavy (non-hydrogen) atoms. The second kappa shape index (κ2) is 4.65. The molecule has 2 fully saturated rings. The molecule has 0 spiro atoms. The van der Waals surface area contributed by atoms with Crippen LogP contribution in [0.25, 0.3) is 0 Å².